The Hall–Kier alpha value is -1.89. The zero-order valence-corrected chi connectivity index (χ0v) is 11.7. The molecule has 108 valence electrons. The molecule has 1 fully saturated rings. The van der Waals surface area contributed by atoms with Crippen molar-refractivity contribution in [3.05, 3.63) is 35.9 Å². The van der Waals surface area contributed by atoms with Crippen LogP contribution in [0, 0.1) is 0 Å². The maximum Gasteiger partial charge on any atom is 0.309 e. The summed E-state index contributed by atoms with van der Waals surface area (Å²) in [7, 11) is -3.07. The van der Waals surface area contributed by atoms with Crippen molar-refractivity contribution in [3.8, 4) is 0 Å². The molecule has 0 saturated carbocycles. The molecule has 2 amide bonds. The molecule has 1 heterocycles. The number of carbonyl (C=O) groups excluding carboxylic acids is 2. The Morgan fingerprint density at radius 1 is 1.15 bits per heavy atom. The summed E-state index contributed by atoms with van der Waals surface area (Å²) in [4.78, 5) is 23.2. The van der Waals surface area contributed by atoms with Crippen LogP contribution in [-0.4, -0.2) is 37.8 Å². The first-order valence-corrected chi connectivity index (χ1v) is 8.11. The molecule has 0 aliphatic carbocycles. The van der Waals surface area contributed by atoms with Crippen LogP contribution in [0.25, 0.3) is 0 Å². The van der Waals surface area contributed by atoms with Gasteiger partial charge in [-0.3, -0.25) is 9.59 Å². The van der Waals surface area contributed by atoms with Crippen LogP contribution < -0.4 is 10.6 Å². The molecule has 20 heavy (non-hydrogen) atoms. The molecule has 0 radical (unpaired) electrons. The van der Waals surface area contributed by atoms with E-state index in [0.717, 1.165) is 5.56 Å². The van der Waals surface area contributed by atoms with E-state index in [1.807, 2.05) is 30.3 Å². The summed E-state index contributed by atoms with van der Waals surface area (Å²) in [5.74, 6) is -1.57. The van der Waals surface area contributed by atoms with Crippen molar-refractivity contribution < 1.29 is 18.0 Å². The molecule has 1 atom stereocenters. The number of rotatable bonds is 3. The summed E-state index contributed by atoms with van der Waals surface area (Å²) < 4.78 is 22.5. The zero-order valence-electron chi connectivity index (χ0n) is 10.8. The van der Waals surface area contributed by atoms with Gasteiger partial charge in [-0.1, -0.05) is 30.3 Å². The topological polar surface area (TPSA) is 92.3 Å². The number of benzene rings is 1. The molecule has 0 bridgehead atoms. The van der Waals surface area contributed by atoms with Gasteiger partial charge in [0.1, 0.15) is 0 Å². The lowest BCUT2D eigenvalue weighted by atomic mass is 10.2. The van der Waals surface area contributed by atoms with Crippen molar-refractivity contribution in [2.24, 2.45) is 0 Å². The first-order valence-electron chi connectivity index (χ1n) is 6.29. The molecular weight excluding hydrogens is 280 g/mol. The van der Waals surface area contributed by atoms with Gasteiger partial charge in [0.15, 0.2) is 9.84 Å². The fraction of sp³-hybridized carbons (Fsp3) is 0.385. The lowest BCUT2D eigenvalue weighted by molar-refractivity contribution is -0.139. The normalized spacial score (nSPS) is 20.3. The second-order valence-electron chi connectivity index (χ2n) is 4.74. The first kappa shape index (κ1) is 14.5. The van der Waals surface area contributed by atoms with Crippen molar-refractivity contribution in [2.75, 3.05) is 11.5 Å². The highest BCUT2D eigenvalue weighted by Gasteiger charge is 2.30. The molecule has 0 aromatic heterocycles. The van der Waals surface area contributed by atoms with Crippen LogP contribution in [0.5, 0.6) is 0 Å². The van der Waals surface area contributed by atoms with Gasteiger partial charge in [-0.05, 0) is 12.0 Å². The second-order valence-corrected chi connectivity index (χ2v) is 6.97. The van der Waals surface area contributed by atoms with Gasteiger partial charge in [0.2, 0.25) is 0 Å². The monoisotopic (exact) mass is 296 g/mol. The molecule has 6 nitrogen and oxygen atoms in total. The molecule has 7 heteroatoms. The Morgan fingerprint density at radius 3 is 2.45 bits per heavy atom. The predicted molar refractivity (Wildman–Crippen MR) is 73.5 cm³/mol. The van der Waals surface area contributed by atoms with Crippen molar-refractivity contribution >= 4 is 21.7 Å². The maximum atomic E-state index is 11.6. The fourth-order valence-electron chi connectivity index (χ4n) is 2.02. The van der Waals surface area contributed by atoms with Crippen LogP contribution in [0.15, 0.2) is 30.3 Å². The van der Waals surface area contributed by atoms with E-state index < -0.39 is 27.7 Å². The Bertz CT molecular complexity index is 598. The Labute approximate surface area is 117 Å². The first-order chi connectivity index (χ1) is 9.46. The number of hydrogen-bond donors (Lipinski definition) is 2. The van der Waals surface area contributed by atoms with Gasteiger partial charge in [-0.15, -0.1) is 0 Å². The van der Waals surface area contributed by atoms with E-state index in [4.69, 9.17) is 0 Å². The van der Waals surface area contributed by atoms with Crippen molar-refractivity contribution in [3.63, 3.8) is 0 Å². The summed E-state index contributed by atoms with van der Waals surface area (Å²) >= 11 is 0. The quantitative estimate of drug-likeness (QED) is 0.743. The van der Waals surface area contributed by atoms with Gasteiger partial charge in [-0.2, -0.15) is 0 Å². The van der Waals surface area contributed by atoms with Crippen LogP contribution in [-0.2, 0) is 26.0 Å². The number of sulfone groups is 1. The smallest absolute Gasteiger partial charge is 0.309 e. The number of nitrogens with one attached hydrogen (secondary N) is 2. The van der Waals surface area contributed by atoms with E-state index in [9.17, 15) is 18.0 Å². The van der Waals surface area contributed by atoms with Gasteiger partial charge < -0.3 is 10.6 Å². The Morgan fingerprint density at radius 2 is 1.85 bits per heavy atom. The molecule has 2 rings (SSSR count). The molecule has 1 aliphatic heterocycles. The minimum atomic E-state index is -3.07. The molecule has 2 N–H and O–H groups in total. The third-order valence-electron chi connectivity index (χ3n) is 3.07. The van der Waals surface area contributed by atoms with Gasteiger partial charge in [0.05, 0.1) is 11.5 Å². The van der Waals surface area contributed by atoms with E-state index in [2.05, 4.69) is 10.6 Å². The van der Waals surface area contributed by atoms with E-state index in [1.165, 1.54) is 0 Å². The number of hydrogen-bond acceptors (Lipinski definition) is 4. The third kappa shape index (κ3) is 4.06. The lowest BCUT2D eigenvalue weighted by Gasteiger charge is -2.10. The lowest BCUT2D eigenvalue weighted by Crippen LogP contribution is -2.44. The third-order valence-corrected chi connectivity index (χ3v) is 4.84. The van der Waals surface area contributed by atoms with Crippen molar-refractivity contribution in [1.29, 1.82) is 0 Å². The highest BCUT2D eigenvalue weighted by molar-refractivity contribution is 7.91. The van der Waals surface area contributed by atoms with Crippen LogP contribution in [0.2, 0.25) is 0 Å². The average molecular weight is 296 g/mol. The average Bonchev–Trinajstić information content (AvgIpc) is 2.76. The summed E-state index contributed by atoms with van der Waals surface area (Å²) in [5, 5.41) is 4.93. The minimum absolute atomic E-state index is 0.0591. The molecule has 1 aromatic rings. The predicted octanol–water partition coefficient (Wildman–Crippen LogP) is -0.394. The van der Waals surface area contributed by atoms with E-state index >= 15 is 0 Å². The largest absolute Gasteiger partial charge is 0.344 e. The second kappa shape index (κ2) is 6.04. The fourth-order valence-corrected chi connectivity index (χ4v) is 3.69. The number of carbonyl (C=O) groups is 2. The van der Waals surface area contributed by atoms with Crippen LogP contribution in [0.1, 0.15) is 12.0 Å². The number of amides is 2. The van der Waals surface area contributed by atoms with E-state index in [-0.39, 0.29) is 18.1 Å². The van der Waals surface area contributed by atoms with Crippen LogP contribution in [0.4, 0.5) is 0 Å². The van der Waals surface area contributed by atoms with Crippen LogP contribution >= 0.6 is 0 Å². The highest BCUT2D eigenvalue weighted by Crippen LogP contribution is 2.10. The molecular formula is C13H16N2O4S. The van der Waals surface area contributed by atoms with Crippen LogP contribution in [0.3, 0.4) is 0 Å². The van der Waals surface area contributed by atoms with Gasteiger partial charge >= 0.3 is 11.8 Å². The van der Waals surface area contributed by atoms with E-state index in [0.29, 0.717) is 6.42 Å². The van der Waals surface area contributed by atoms with E-state index in [1.54, 1.807) is 0 Å². The Balaban J connectivity index is 1.79. The summed E-state index contributed by atoms with van der Waals surface area (Å²) in [5.41, 5.74) is 0.886. The minimum Gasteiger partial charge on any atom is -0.344 e. The van der Waals surface area contributed by atoms with Gasteiger partial charge in [-0.25, -0.2) is 8.42 Å². The summed E-state index contributed by atoms with van der Waals surface area (Å²) in [6, 6.07) is 8.74. The zero-order chi connectivity index (χ0) is 14.6. The molecule has 1 saturated heterocycles. The van der Waals surface area contributed by atoms with Gasteiger partial charge in [0, 0.05) is 12.6 Å². The Kier molecular flexibility index (Phi) is 4.39. The standard InChI is InChI=1S/C13H16N2O4S/c16-12(14-8-10-4-2-1-3-5-10)13(17)15-11-6-7-20(18,19)9-11/h1-5,11H,6-9H2,(H,14,16)(H,15,17). The molecule has 0 spiro atoms. The summed E-state index contributed by atoms with van der Waals surface area (Å²) in [6.45, 7) is 0.260. The van der Waals surface area contributed by atoms with Crippen molar-refractivity contribution in [1.82, 2.24) is 10.6 Å². The SMILES string of the molecule is O=C(NCc1ccccc1)C(=O)NC1CCS(=O)(=O)C1. The summed E-state index contributed by atoms with van der Waals surface area (Å²) in [6.07, 6.45) is 0.361. The maximum absolute atomic E-state index is 11.6. The molecule has 1 unspecified atom stereocenters. The molecule has 1 aliphatic rings. The molecule has 1 aromatic carbocycles. The van der Waals surface area contributed by atoms with Crippen molar-refractivity contribution in [2.45, 2.75) is 19.0 Å². The highest BCUT2D eigenvalue weighted by atomic mass is 32.2. The van der Waals surface area contributed by atoms with Gasteiger partial charge in [0.25, 0.3) is 0 Å².